The second kappa shape index (κ2) is 6.75. The van der Waals surface area contributed by atoms with Crippen LogP contribution in [-0.2, 0) is 0 Å². The van der Waals surface area contributed by atoms with Crippen LogP contribution < -0.4 is 10.6 Å². The number of nitrogens with one attached hydrogen (secondary N) is 2. The maximum Gasteiger partial charge on any atom is 0.253 e. The number of anilines is 1. The minimum atomic E-state index is 0.0508. The average Bonchev–Trinajstić information content (AvgIpc) is 2.46. The normalized spacial score (nSPS) is 15.9. The second-order valence-electron chi connectivity index (χ2n) is 5.80. The summed E-state index contributed by atoms with van der Waals surface area (Å²) in [7, 11) is 3.56. The molecule has 0 radical (unpaired) electrons. The van der Waals surface area contributed by atoms with E-state index in [0.717, 1.165) is 36.8 Å². The Morgan fingerprint density at radius 1 is 1.35 bits per heavy atom. The number of nitrogens with zero attached hydrogens (tertiary/aromatic N) is 1. The van der Waals surface area contributed by atoms with Gasteiger partial charge in [0.25, 0.3) is 5.91 Å². The highest BCUT2D eigenvalue weighted by Crippen LogP contribution is 2.20. The first-order chi connectivity index (χ1) is 9.58. The standard InChI is InChI=1S/C16H25N3O/c1-12-4-5-14(16(20)19(2)3)10-15(12)18-11-13-6-8-17-9-7-13/h4-5,10,13,17-18H,6-9,11H2,1-3H3. The van der Waals surface area contributed by atoms with E-state index in [-0.39, 0.29) is 5.91 Å². The number of carbonyl (C=O) groups excluding carboxylic acids is 1. The van der Waals surface area contributed by atoms with Crippen LogP contribution >= 0.6 is 0 Å². The van der Waals surface area contributed by atoms with Crippen molar-refractivity contribution in [1.82, 2.24) is 10.2 Å². The van der Waals surface area contributed by atoms with Crippen molar-refractivity contribution in [2.24, 2.45) is 5.92 Å². The topological polar surface area (TPSA) is 44.4 Å². The van der Waals surface area contributed by atoms with Gasteiger partial charge < -0.3 is 15.5 Å². The van der Waals surface area contributed by atoms with Gasteiger partial charge in [0.1, 0.15) is 0 Å². The molecule has 2 rings (SSSR count). The Kier molecular flexibility index (Phi) is 5.01. The van der Waals surface area contributed by atoms with E-state index < -0.39 is 0 Å². The summed E-state index contributed by atoms with van der Waals surface area (Å²) in [5.41, 5.74) is 3.01. The van der Waals surface area contributed by atoms with E-state index in [2.05, 4.69) is 17.6 Å². The minimum Gasteiger partial charge on any atom is -0.385 e. The van der Waals surface area contributed by atoms with Crippen LogP contribution in [0.5, 0.6) is 0 Å². The Balaban J connectivity index is 2.02. The number of hydrogen-bond donors (Lipinski definition) is 2. The molecule has 0 aliphatic carbocycles. The number of benzene rings is 1. The third-order valence-electron chi connectivity index (χ3n) is 3.93. The molecule has 1 fully saturated rings. The minimum absolute atomic E-state index is 0.0508. The molecular formula is C16H25N3O. The van der Waals surface area contributed by atoms with Crippen LogP contribution in [0.15, 0.2) is 18.2 Å². The van der Waals surface area contributed by atoms with Gasteiger partial charge in [0.15, 0.2) is 0 Å². The summed E-state index contributed by atoms with van der Waals surface area (Å²) >= 11 is 0. The van der Waals surface area contributed by atoms with E-state index in [0.29, 0.717) is 0 Å². The third kappa shape index (κ3) is 3.73. The summed E-state index contributed by atoms with van der Waals surface area (Å²) in [4.78, 5) is 13.6. The van der Waals surface area contributed by atoms with Crippen molar-refractivity contribution in [1.29, 1.82) is 0 Å². The number of piperidine rings is 1. The molecule has 0 atom stereocenters. The fourth-order valence-electron chi connectivity index (χ4n) is 2.54. The second-order valence-corrected chi connectivity index (χ2v) is 5.80. The maximum absolute atomic E-state index is 12.0. The average molecular weight is 275 g/mol. The van der Waals surface area contributed by atoms with Crippen molar-refractivity contribution in [3.8, 4) is 0 Å². The van der Waals surface area contributed by atoms with Crippen LogP contribution in [0.1, 0.15) is 28.8 Å². The highest BCUT2D eigenvalue weighted by Gasteiger charge is 2.14. The first-order valence-electron chi connectivity index (χ1n) is 7.35. The molecule has 1 saturated heterocycles. The van der Waals surface area contributed by atoms with Gasteiger partial charge in [-0.25, -0.2) is 0 Å². The van der Waals surface area contributed by atoms with Crippen molar-refractivity contribution in [3.63, 3.8) is 0 Å². The van der Waals surface area contributed by atoms with E-state index >= 15 is 0 Å². The first kappa shape index (κ1) is 14.9. The summed E-state index contributed by atoms with van der Waals surface area (Å²) in [5.74, 6) is 0.777. The van der Waals surface area contributed by atoms with Gasteiger partial charge in [-0.1, -0.05) is 6.07 Å². The first-order valence-corrected chi connectivity index (χ1v) is 7.35. The lowest BCUT2D eigenvalue weighted by atomic mass is 9.98. The zero-order valence-corrected chi connectivity index (χ0v) is 12.7. The molecule has 0 spiro atoms. The maximum atomic E-state index is 12.0. The summed E-state index contributed by atoms with van der Waals surface area (Å²) in [6.45, 7) is 5.30. The largest absolute Gasteiger partial charge is 0.385 e. The monoisotopic (exact) mass is 275 g/mol. The van der Waals surface area contributed by atoms with Gasteiger partial charge in [0.05, 0.1) is 0 Å². The van der Waals surface area contributed by atoms with Crippen LogP contribution in [0.4, 0.5) is 5.69 Å². The van der Waals surface area contributed by atoms with Crippen molar-refractivity contribution < 1.29 is 4.79 Å². The molecule has 110 valence electrons. The Morgan fingerprint density at radius 3 is 2.70 bits per heavy atom. The third-order valence-corrected chi connectivity index (χ3v) is 3.93. The fraction of sp³-hybridized carbons (Fsp3) is 0.562. The van der Waals surface area contributed by atoms with Crippen LogP contribution in [-0.4, -0.2) is 44.5 Å². The van der Waals surface area contributed by atoms with Gasteiger partial charge >= 0.3 is 0 Å². The molecule has 1 amide bonds. The van der Waals surface area contributed by atoms with Crippen molar-refractivity contribution in [2.75, 3.05) is 39.0 Å². The van der Waals surface area contributed by atoms with Gasteiger partial charge in [-0.2, -0.15) is 0 Å². The lowest BCUT2D eigenvalue weighted by Crippen LogP contribution is -2.31. The smallest absolute Gasteiger partial charge is 0.253 e. The van der Waals surface area contributed by atoms with Crippen molar-refractivity contribution in [2.45, 2.75) is 19.8 Å². The molecule has 1 aliphatic heterocycles. The van der Waals surface area contributed by atoms with Gasteiger partial charge in [0, 0.05) is 31.9 Å². The van der Waals surface area contributed by atoms with E-state index in [1.165, 1.54) is 18.4 Å². The summed E-state index contributed by atoms with van der Waals surface area (Å²) in [5, 5.41) is 6.90. The Morgan fingerprint density at radius 2 is 2.05 bits per heavy atom. The van der Waals surface area contributed by atoms with Gasteiger partial charge in [-0.3, -0.25) is 4.79 Å². The number of hydrogen-bond acceptors (Lipinski definition) is 3. The molecule has 0 bridgehead atoms. The highest BCUT2D eigenvalue weighted by molar-refractivity contribution is 5.95. The van der Waals surface area contributed by atoms with Crippen LogP contribution in [0.25, 0.3) is 0 Å². The van der Waals surface area contributed by atoms with E-state index in [9.17, 15) is 4.79 Å². The van der Waals surface area contributed by atoms with Crippen LogP contribution in [0.2, 0.25) is 0 Å². The molecule has 20 heavy (non-hydrogen) atoms. The predicted molar refractivity (Wildman–Crippen MR) is 83.3 cm³/mol. The highest BCUT2D eigenvalue weighted by atomic mass is 16.2. The van der Waals surface area contributed by atoms with Crippen molar-refractivity contribution >= 4 is 11.6 Å². The predicted octanol–water partition coefficient (Wildman–Crippen LogP) is 2.11. The Hall–Kier alpha value is -1.55. The molecule has 2 N–H and O–H groups in total. The zero-order chi connectivity index (χ0) is 14.5. The quantitative estimate of drug-likeness (QED) is 0.884. The van der Waals surface area contributed by atoms with Crippen LogP contribution in [0.3, 0.4) is 0 Å². The van der Waals surface area contributed by atoms with Crippen molar-refractivity contribution in [3.05, 3.63) is 29.3 Å². The van der Waals surface area contributed by atoms with E-state index in [4.69, 9.17) is 0 Å². The fourth-order valence-corrected chi connectivity index (χ4v) is 2.54. The van der Waals surface area contributed by atoms with Crippen LogP contribution in [0, 0.1) is 12.8 Å². The Labute approximate surface area is 121 Å². The number of rotatable bonds is 4. The SMILES string of the molecule is Cc1ccc(C(=O)N(C)C)cc1NCC1CCNCC1. The number of carbonyl (C=O) groups is 1. The van der Waals surface area contributed by atoms with Gasteiger partial charge in [-0.05, 0) is 56.5 Å². The molecule has 1 aliphatic rings. The molecule has 0 unspecified atom stereocenters. The Bertz CT molecular complexity index is 465. The molecule has 1 aromatic rings. The van der Waals surface area contributed by atoms with E-state index in [1.54, 1.807) is 19.0 Å². The molecule has 4 nitrogen and oxygen atoms in total. The summed E-state index contributed by atoms with van der Waals surface area (Å²) in [6, 6.07) is 5.88. The van der Waals surface area contributed by atoms with E-state index in [1.807, 2.05) is 18.2 Å². The number of amides is 1. The summed E-state index contributed by atoms with van der Waals surface area (Å²) in [6.07, 6.45) is 2.45. The lowest BCUT2D eigenvalue weighted by Gasteiger charge is -2.24. The van der Waals surface area contributed by atoms with Gasteiger partial charge in [0.2, 0.25) is 0 Å². The summed E-state index contributed by atoms with van der Waals surface area (Å²) < 4.78 is 0. The molecule has 1 aromatic carbocycles. The number of aryl methyl sites for hydroxylation is 1. The molecule has 4 heteroatoms. The molecular weight excluding hydrogens is 250 g/mol. The molecule has 0 aromatic heterocycles. The van der Waals surface area contributed by atoms with Gasteiger partial charge in [-0.15, -0.1) is 0 Å². The molecule has 0 saturated carbocycles. The zero-order valence-electron chi connectivity index (χ0n) is 12.7. The lowest BCUT2D eigenvalue weighted by molar-refractivity contribution is 0.0827. The molecule has 1 heterocycles.